The first-order valence-electron chi connectivity index (χ1n) is 9.47. The van der Waals surface area contributed by atoms with Gasteiger partial charge in [-0.1, -0.05) is 30.3 Å². The second kappa shape index (κ2) is 11.0. The number of para-hydroxylation sites is 1. The zero-order valence-corrected chi connectivity index (χ0v) is 18.4. The number of rotatable bonds is 5. The van der Waals surface area contributed by atoms with Crippen molar-refractivity contribution < 1.29 is 9.53 Å². The van der Waals surface area contributed by atoms with Gasteiger partial charge in [0, 0.05) is 43.2 Å². The number of methoxy groups -OCH3 is 1. The van der Waals surface area contributed by atoms with Gasteiger partial charge in [-0.2, -0.15) is 5.10 Å². The smallest absolute Gasteiger partial charge is 0.254 e. The molecule has 1 aliphatic rings. The number of aromatic nitrogens is 2. The molecular formula is C22H26Cl2N4O2. The Morgan fingerprint density at radius 2 is 1.90 bits per heavy atom. The number of ether oxygens (including phenoxy) is 1. The zero-order valence-electron chi connectivity index (χ0n) is 16.7. The predicted molar refractivity (Wildman–Crippen MR) is 122 cm³/mol. The molecular weight excluding hydrogens is 423 g/mol. The lowest BCUT2D eigenvalue weighted by molar-refractivity contribution is 0.0631. The summed E-state index contributed by atoms with van der Waals surface area (Å²) in [5, 5.41) is 7.62. The SMILES string of the molecule is COc1ccccc1C1CNCCN1C(=O)c1ccc(Cn2cccn2)cc1.Cl.Cl. The maximum atomic E-state index is 13.3. The molecule has 1 atom stereocenters. The number of carbonyl (C=O) groups excluding carboxylic acids is 1. The lowest BCUT2D eigenvalue weighted by Crippen LogP contribution is -2.48. The van der Waals surface area contributed by atoms with E-state index < -0.39 is 0 Å². The van der Waals surface area contributed by atoms with Crippen molar-refractivity contribution in [2.24, 2.45) is 0 Å². The van der Waals surface area contributed by atoms with Gasteiger partial charge in [-0.25, -0.2) is 0 Å². The Hall–Kier alpha value is -2.54. The van der Waals surface area contributed by atoms with Crippen LogP contribution in [0.1, 0.15) is 27.5 Å². The molecule has 1 amide bonds. The summed E-state index contributed by atoms with van der Waals surface area (Å²) in [6.45, 7) is 2.85. The van der Waals surface area contributed by atoms with Crippen LogP contribution in [0.2, 0.25) is 0 Å². The maximum Gasteiger partial charge on any atom is 0.254 e. The Balaban J connectivity index is 0.00000160. The van der Waals surface area contributed by atoms with E-state index in [0.29, 0.717) is 25.2 Å². The van der Waals surface area contributed by atoms with Gasteiger partial charge in [0.15, 0.2) is 0 Å². The van der Waals surface area contributed by atoms with Gasteiger partial charge in [0.05, 0.1) is 19.7 Å². The molecule has 6 nitrogen and oxygen atoms in total. The van der Waals surface area contributed by atoms with Gasteiger partial charge in [-0.05, 0) is 29.8 Å². The number of nitrogens with one attached hydrogen (secondary N) is 1. The highest BCUT2D eigenvalue weighted by atomic mass is 35.5. The molecule has 2 aromatic carbocycles. The van der Waals surface area contributed by atoms with Crippen molar-refractivity contribution in [2.45, 2.75) is 12.6 Å². The summed E-state index contributed by atoms with van der Waals surface area (Å²) >= 11 is 0. The Kier molecular flexibility index (Phi) is 8.72. The summed E-state index contributed by atoms with van der Waals surface area (Å²) in [7, 11) is 1.67. The minimum Gasteiger partial charge on any atom is -0.496 e. The lowest BCUT2D eigenvalue weighted by atomic mass is 10.0. The number of halogens is 2. The average molecular weight is 449 g/mol. The first-order valence-corrected chi connectivity index (χ1v) is 9.47. The molecule has 3 aromatic rings. The van der Waals surface area contributed by atoms with Gasteiger partial charge < -0.3 is 15.0 Å². The standard InChI is InChI=1S/C22H24N4O2.2ClH/c1-28-21-6-3-2-5-19(21)20-15-23-12-14-26(20)22(27)18-9-7-17(8-10-18)16-25-13-4-11-24-25;;/h2-11,13,20,23H,12,14-16H2,1H3;2*1H. The Labute approximate surface area is 189 Å². The van der Waals surface area contributed by atoms with Crippen LogP contribution in [0.4, 0.5) is 0 Å². The topological polar surface area (TPSA) is 59.4 Å². The molecule has 1 fully saturated rings. The van der Waals surface area contributed by atoms with Crippen molar-refractivity contribution in [1.29, 1.82) is 0 Å². The van der Waals surface area contributed by atoms with E-state index in [1.165, 1.54) is 0 Å². The molecule has 1 N–H and O–H groups in total. The number of piperazine rings is 1. The molecule has 0 aliphatic carbocycles. The van der Waals surface area contributed by atoms with Crippen molar-refractivity contribution >= 4 is 30.7 Å². The highest BCUT2D eigenvalue weighted by Gasteiger charge is 2.30. The molecule has 4 rings (SSSR count). The normalized spacial score (nSPS) is 15.6. The van der Waals surface area contributed by atoms with Gasteiger partial charge in [0.25, 0.3) is 5.91 Å². The van der Waals surface area contributed by atoms with Crippen LogP contribution in [-0.4, -0.2) is 47.3 Å². The van der Waals surface area contributed by atoms with Crippen LogP contribution in [0.25, 0.3) is 0 Å². The quantitative estimate of drug-likeness (QED) is 0.647. The highest BCUT2D eigenvalue weighted by molar-refractivity contribution is 5.94. The summed E-state index contributed by atoms with van der Waals surface area (Å²) < 4.78 is 7.39. The number of carbonyl (C=O) groups is 1. The van der Waals surface area contributed by atoms with Gasteiger partial charge >= 0.3 is 0 Å². The van der Waals surface area contributed by atoms with Crippen LogP contribution in [0.15, 0.2) is 67.0 Å². The van der Waals surface area contributed by atoms with Crippen molar-refractivity contribution in [3.05, 3.63) is 83.7 Å². The van der Waals surface area contributed by atoms with E-state index in [-0.39, 0.29) is 36.8 Å². The van der Waals surface area contributed by atoms with Crippen LogP contribution in [0.3, 0.4) is 0 Å². The van der Waals surface area contributed by atoms with E-state index in [2.05, 4.69) is 10.4 Å². The summed E-state index contributed by atoms with van der Waals surface area (Å²) in [5.74, 6) is 0.853. The molecule has 1 aromatic heterocycles. The van der Waals surface area contributed by atoms with Crippen LogP contribution < -0.4 is 10.1 Å². The molecule has 8 heteroatoms. The zero-order chi connectivity index (χ0) is 19.3. The van der Waals surface area contributed by atoms with Gasteiger partial charge in [0.1, 0.15) is 5.75 Å². The van der Waals surface area contributed by atoms with Crippen LogP contribution in [-0.2, 0) is 6.54 Å². The molecule has 160 valence electrons. The Morgan fingerprint density at radius 1 is 1.13 bits per heavy atom. The van der Waals surface area contributed by atoms with Crippen molar-refractivity contribution in [3.63, 3.8) is 0 Å². The molecule has 0 saturated carbocycles. The van der Waals surface area contributed by atoms with E-state index in [1.54, 1.807) is 13.3 Å². The summed E-state index contributed by atoms with van der Waals surface area (Å²) in [6, 6.07) is 17.6. The number of hydrogen-bond acceptors (Lipinski definition) is 4. The third-order valence-corrected chi connectivity index (χ3v) is 5.11. The highest BCUT2D eigenvalue weighted by Crippen LogP contribution is 2.31. The first-order chi connectivity index (χ1) is 13.8. The van der Waals surface area contributed by atoms with E-state index in [0.717, 1.165) is 23.4 Å². The third-order valence-electron chi connectivity index (χ3n) is 5.11. The monoisotopic (exact) mass is 448 g/mol. The Morgan fingerprint density at radius 3 is 2.60 bits per heavy atom. The van der Waals surface area contributed by atoms with Crippen molar-refractivity contribution in [1.82, 2.24) is 20.0 Å². The summed E-state index contributed by atoms with van der Waals surface area (Å²) in [5.41, 5.74) is 2.84. The molecule has 30 heavy (non-hydrogen) atoms. The minimum absolute atomic E-state index is 0. The summed E-state index contributed by atoms with van der Waals surface area (Å²) in [6.07, 6.45) is 3.69. The molecule has 0 bridgehead atoms. The lowest BCUT2D eigenvalue weighted by Gasteiger charge is -2.37. The summed E-state index contributed by atoms with van der Waals surface area (Å²) in [4.78, 5) is 15.2. The van der Waals surface area contributed by atoms with Crippen LogP contribution in [0.5, 0.6) is 5.75 Å². The molecule has 0 spiro atoms. The second-order valence-electron chi connectivity index (χ2n) is 6.86. The second-order valence-corrected chi connectivity index (χ2v) is 6.86. The van der Waals surface area contributed by atoms with E-state index in [4.69, 9.17) is 4.74 Å². The number of hydrogen-bond donors (Lipinski definition) is 1. The van der Waals surface area contributed by atoms with Crippen LogP contribution >= 0.6 is 24.8 Å². The maximum absolute atomic E-state index is 13.3. The predicted octanol–water partition coefficient (Wildman–Crippen LogP) is 3.57. The number of benzene rings is 2. The molecule has 2 heterocycles. The minimum atomic E-state index is -0.0545. The van der Waals surface area contributed by atoms with Crippen LogP contribution in [0, 0.1) is 0 Å². The fourth-order valence-electron chi connectivity index (χ4n) is 3.67. The van der Waals surface area contributed by atoms with E-state index >= 15 is 0 Å². The molecule has 1 aliphatic heterocycles. The third kappa shape index (κ3) is 5.14. The molecule has 1 saturated heterocycles. The van der Waals surface area contributed by atoms with Gasteiger partial charge in [-0.3, -0.25) is 9.48 Å². The van der Waals surface area contributed by atoms with Gasteiger partial charge in [-0.15, -0.1) is 24.8 Å². The van der Waals surface area contributed by atoms with E-state index in [1.807, 2.05) is 70.4 Å². The fourth-order valence-corrected chi connectivity index (χ4v) is 3.67. The van der Waals surface area contributed by atoms with Crippen molar-refractivity contribution in [3.8, 4) is 5.75 Å². The molecule has 1 unspecified atom stereocenters. The largest absolute Gasteiger partial charge is 0.496 e. The van der Waals surface area contributed by atoms with Gasteiger partial charge in [0.2, 0.25) is 0 Å². The molecule has 0 radical (unpaired) electrons. The average Bonchev–Trinajstić information content (AvgIpc) is 3.27. The fraction of sp³-hybridized carbons (Fsp3) is 0.273. The van der Waals surface area contributed by atoms with Crippen molar-refractivity contribution in [2.75, 3.05) is 26.7 Å². The number of nitrogens with zero attached hydrogens (tertiary/aromatic N) is 3. The van der Waals surface area contributed by atoms with E-state index in [9.17, 15) is 4.79 Å². The number of amides is 1. The Bertz CT molecular complexity index is 933. The first kappa shape index (κ1) is 23.7.